The molecule has 8 heteroatoms. The average molecular weight is 444 g/mol. The van der Waals surface area contributed by atoms with Crippen LogP contribution in [0.5, 0.6) is 5.75 Å². The standard InChI is InChI=1S/C25H24N4O4/c1-32-21-13-22-23(27-15-21)29(20-11-12-26-14-20)25(31)28(22)19-9-7-17(8-10-19)16-3-5-18(6-4-16)24(30)33-2/h3-10,13,15,20,26H,11-12,14H2,1-2H3. The number of imidazole rings is 1. The minimum atomic E-state index is -0.367. The molecule has 1 N–H and O–H groups in total. The molecule has 0 amide bonds. The van der Waals surface area contributed by atoms with Crippen LogP contribution in [0.3, 0.4) is 0 Å². The minimum absolute atomic E-state index is 0.0646. The lowest BCUT2D eigenvalue weighted by Crippen LogP contribution is -2.28. The van der Waals surface area contributed by atoms with Crippen LogP contribution in [0.15, 0.2) is 65.6 Å². The Morgan fingerprint density at radius 3 is 2.36 bits per heavy atom. The first-order valence-corrected chi connectivity index (χ1v) is 10.8. The third-order valence-electron chi connectivity index (χ3n) is 6.09. The van der Waals surface area contributed by atoms with Gasteiger partial charge in [0.05, 0.1) is 43.2 Å². The Hall–Kier alpha value is -3.91. The molecule has 5 rings (SSSR count). The molecule has 0 radical (unpaired) electrons. The van der Waals surface area contributed by atoms with Crippen molar-refractivity contribution in [3.05, 3.63) is 76.8 Å². The summed E-state index contributed by atoms with van der Waals surface area (Å²) in [7, 11) is 2.95. The maximum atomic E-state index is 13.5. The Morgan fingerprint density at radius 2 is 1.76 bits per heavy atom. The van der Waals surface area contributed by atoms with Crippen molar-refractivity contribution in [1.82, 2.24) is 19.4 Å². The van der Waals surface area contributed by atoms with E-state index in [2.05, 4.69) is 10.3 Å². The van der Waals surface area contributed by atoms with Gasteiger partial charge in [-0.2, -0.15) is 0 Å². The summed E-state index contributed by atoms with van der Waals surface area (Å²) >= 11 is 0. The molecule has 0 saturated carbocycles. The van der Waals surface area contributed by atoms with Crippen LogP contribution in [0.4, 0.5) is 0 Å². The molecular formula is C25H24N4O4. The fraction of sp³-hybridized carbons (Fsp3) is 0.240. The molecule has 168 valence electrons. The van der Waals surface area contributed by atoms with E-state index in [1.807, 2.05) is 42.5 Å². The summed E-state index contributed by atoms with van der Waals surface area (Å²) in [5, 5.41) is 3.32. The fourth-order valence-electron chi connectivity index (χ4n) is 4.35. The second kappa shape index (κ2) is 8.55. The lowest BCUT2D eigenvalue weighted by atomic mass is 10.0. The first kappa shape index (κ1) is 21.0. The zero-order valence-corrected chi connectivity index (χ0v) is 18.4. The number of nitrogens with one attached hydrogen (secondary N) is 1. The van der Waals surface area contributed by atoms with Gasteiger partial charge in [0.2, 0.25) is 0 Å². The number of hydrogen-bond acceptors (Lipinski definition) is 6. The second-order valence-corrected chi connectivity index (χ2v) is 7.97. The first-order valence-electron chi connectivity index (χ1n) is 10.8. The van der Waals surface area contributed by atoms with E-state index in [1.54, 1.807) is 34.6 Å². The quantitative estimate of drug-likeness (QED) is 0.476. The number of ether oxygens (including phenoxy) is 2. The summed E-state index contributed by atoms with van der Waals surface area (Å²) in [5.41, 5.74) is 4.43. The van der Waals surface area contributed by atoms with Gasteiger partial charge in [0, 0.05) is 12.6 Å². The molecule has 1 aliphatic rings. The van der Waals surface area contributed by atoms with Gasteiger partial charge >= 0.3 is 11.7 Å². The molecule has 1 atom stereocenters. The lowest BCUT2D eigenvalue weighted by Gasteiger charge is -2.09. The van der Waals surface area contributed by atoms with E-state index in [9.17, 15) is 9.59 Å². The van der Waals surface area contributed by atoms with E-state index in [1.165, 1.54) is 7.11 Å². The monoisotopic (exact) mass is 444 g/mol. The van der Waals surface area contributed by atoms with Gasteiger partial charge in [-0.3, -0.25) is 9.13 Å². The molecule has 2 aromatic heterocycles. The Labute approximate surface area is 190 Å². The Morgan fingerprint density at radius 1 is 1.06 bits per heavy atom. The van der Waals surface area contributed by atoms with Gasteiger partial charge in [-0.25, -0.2) is 14.6 Å². The summed E-state index contributed by atoms with van der Waals surface area (Å²) < 4.78 is 13.6. The highest BCUT2D eigenvalue weighted by Gasteiger charge is 2.25. The number of methoxy groups -OCH3 is 2. The van der Waals surface area contributed by atoms with Gasteiger partial charge in [0.15, 0.2) is 5.65 Å². The summed E-state index contributed by atoms with van der Waals surface area (Å²) in [6.45, 7) is 1.62. The molecule has 3 heterocycles. The molecule has 2 aromatic carbocycles. The van der Waals surface area contributed by atoms with Crippen LogP contribution in [0.25, 0.3) is 28.0 Å². The normalized spacial score (nSPS) is 15.6. The van der Waals surface area contributed by atoms with Crippen LogP contribution in [0, 0.1) is 0 Å². The van der Waals surface area contributed by atoms with Crippen molar-refractivity contribution in [2.24, 2.45) is 0 Å². The van der Waals surface area contributed by atoms with Gasteiger partial charge in [-0.1, -0.05) is 24.3 Å². The molecule has 4 aromatic rings. The maximum Gasteiger partial charge on any atom is 0.337 e. The molecule has 1 unspecified atom stereocenters. The van der Waals surface area contributed by atoms with E-state index >= 15 is 0 Å². The first-order chi connectivity index (χ1) is 16.1. The lowest BCUT2D eigenvalue weighted by molar-refractivity contribution is 0.0600. The number of fused-ring (bicyclic) bond motifs is 1. The number of pyridine rings is 1. The number of hydrogen-bond donors (Lipinski definition) is 1. The van der Waals surface area contributed by atoms with E-state index in [-0.39, 0.29) is 17.7 Å². The molecule has 8 nitrogen and oxygen atoms in total. The summed E-state index contributed by atoms with van der Waals surface area (Å²) in [4.78, 5) is 29.8. The third kappa shape index (κ3) is 3.68. The summed E-state index contributed by atoms with van der Waals surface area (Å²) in [6.07, 6.45) is 2.53. The van der Waals surface area contributed by atoms with E-state index in [4.69, 9.17) is 9.47 Å². The average Bonchev–Trinajstić information content (AvgIpc) is 3.48. The SMILES string of the molecule is COC(=O)c1ccc(-c2ccc(-n3c(=O)n(C4CCNC4)c4ncc(OC)cc43)cc2)cc1. The molecule has 33 heavy (non-hydrogen) atoms. The Balaban J connectivity index is 1.57. The van der Waals surface area contributed by atoms with E-state index in [0.717, 1.165) is 36.3 Å². The van der Waals surface area contributed by atoms with Gasteiger partial charge in [0.25, 0.3) is 0 Å². The molecule has 0 spiro atoms. The van der Waals surface area contributed by atoms with Crippen LogP contribution in [-0.2, 0) is 4.74 Å². The number of esters is 1. The van der Waals surface area contributed by atoms with Crippen molar-refractivity contribution >= 4 is 17.1 Å². The van der Waals surface area contributed by atoms with Crippen molar-refractivity contribution in [1.29, 1.82) is 0 Å². The summed E-state index contributed by atoms with van der Waals surface area (Å²) in [6, 6.07) is 16.9. The zero-order chi connectivity index (χ0) is 22.9. The second-order valence-electron chi connectivity index (χ2n) is 7.97. The van der Waals surface area contributed by atoms with Crippen LogP contribution < -0.4 is 15.7 Å². The van der Waals surface area contributed by atoms with Crippen molar-refractivity contribution in [2.75, 3.05) is 27.3 Å². The predicted octanol–water partition coefficient (Wildman–Crippen LogP) is 3.18. The molecule has 1 saturated heterocycles. The number of benzene rings is 2. The molecule has 0 bridgehead atoms. The van der Waals surface area contributed by atoms with Gasteiger partial charge in [-0.15, -0.1) is 0 Å². The van der Waals surface area contributed by atoms with Crippen molar-refractivity contribution < 1.29 is 14.3 Å². The van der Waals surface area contributed by atoms with E-state index < -0.39 is 0 Å². The topological polar surface area (TPSA) is 87.4 Å². The zero-order valence-electron chi connectivity index (χ0n) is 18.4. The number of rotatable bonds is 5. The highest BCUT2D eigenvalue weighted by atomic mass is 16.5. The highest BCUT2D eigenvalue weighted by Crippen LogP contribution is 2.27. The molecular weight excluding hydrogens is 420 g/mol. The van der Waals surface area contributed by atoms with Crippen LogP contribution in [0.2, 0.25) is 0 Å². The van der Waals surface area contributed by atoms with E-state index in [0.29, 0.717) is 22.5 Å². The fourth-order valence-corrected chi connectivity index (χ4v) is 4.35. The van der Waals surface area contributed by atoms with Gasteiger partial charge in [0.1, 0.15) is 5.75 Å². The van der Waals surface area contributed by atoms with Gasteiger partial charge in [-0.05, 0) is 48.4 Å². The minimum Gasteiger partial charge on any atom is -0.495 e. The highest BCUT2D eigenvalue weighted by molar-refractivity contribution is 5.90. The molecule has 0 aliphatic carbocycles. The third-order valence-corrected chi connectivity index (χ3v) is 6.09. The largest absolute Gasteiger partial charge is 0.495 e. The van der Waals surface area contributed by atoms with Crippen LogP contribution in [-0.4, -0.2) is 47.4 Å². The maximum absolute atomic E-state index is 13.5. The van der Waals surface area contributed by atoms with Crippen molar-refractivity contribution in [3.63, 3.8) is 0 Å². The van der Waals surface area contributed by atoms with Gasteiger partial charge < -0.3 is 14.8 Å². The molecule has 1 fully saturated rings. The Bertz CT molecular complexity index is 1360. The molecule has 1 aliphatic heterocycles. The number of carbonyl (C=O) groups is 1. The smallest absolute Gasteiger partial charge is 0.337 e. The predicted molar refractivity (Wildman–Crippen MR) is 125 cm³/mol. The van der Waals surface area contributed by atoms with Crippen LogP contribution >= 0.6 is 0 Å². The number of aromatic nitrogens is 3. The van der Waals surface area contributed by atoms with Crippen molar-refractivity contribution in [3.8, 4) is 22.6 Å². The summed E-state index contributed by atoms with van der Waals surface area (Å²) in [5.74, 6) is 0.231. The van der Waals surface area contributed by atoms with Crippen LogP contribution in [0.1, 0.15) is 22.8 Å². The number of carbonyl (C=O) groups excluding carboxylic acids is 1. The number of nitrogens with zero attached hydrogens (tertiary/aromatic N) is 3. The van der Waals surface area contributed by atoms with Crippen molar-refractivity contribution in [2.45, 2.75) is 12.5 Å². The Kier molecular flexibility index (Phi) is 5.43.